The van der Waals surface area contributed by atoms with Crippen molar-refractivity contribution in [3.63, 3.8) is 0 Å². The maximum Gasteiger partial charge on any atom is 0.225 e. The largest absolute Gasteiger partial charge is 0.355 e. The van der Waals surface area contributed by atoms with E-state index in [1.165, 1.54) is 0 Å². The molecule has 1 fully saturated rings. The Balaban J connectivity index is 2.21. The van der Waals surface area contributed by atoms with Gasteiger partial charge < -0.3 is 4.90 Å². The molecule has 0 aromatic carbocycles. The predicted molar refractivity (Wildman–Crippen MR) is 61.6 cm³/mol. The second-order valence-corrected chi connectivity index (χ2v) is 4.87. The molecule has 0 N–H and O–H groups in total. The molecule has 2 heterocycles. The summed E-state index contributed by atoms with van der Waals surface area (Å²) in [4.78, 5) is 10.1. The van der Waals surface area contributed by atoms with Gasteiger partial charge in [-0.2, -0.15) is 11.8 Å². The molecule has 1 aromatic heterocycles. The molecule has 0 bridgehead atoms. The second kappa shape index (κ2) is 4.55. The monoisotopic (exact) mass is 249 g/mol. The first-order valence-electron chi connectivity index (χ1n) is 4.28. The summed E-state index contributed by atoms with van der Waals surface area (Å²) < 4.78 is 0. The van der Waals surface area contributed by atoms with Crippen LogP contribution in [0.5, 0.6) is 0 Å². The molecule has 0 saturated carbocycles. The van der Waals surface area contributed by atoms with Crippen molar-refractivity contribution in [1.82, 2.24) is 9.97 Å². The van der Waals surface area contributed by atoms with Gasteiger partial charge in [0.2, 0.25) is 5.28 Å². The molecule has 1 aliphatic rings. The Bertz CT molecular complexity index is 308. The molecule has 0 unspecified atom stereocenters. The van der Waals surface area contributed by atoms with E-state index in [4.69, 9.17) is 23.2 Å². The minimum absolute atomic E-state index is 0.214. The lowest BCUT2D eigenvalue weighted by Gasteiger charge is -2.27. The Hall–Kier alpha value is -0.190. The highest BCUT2D eigenvalue weighted by atomic mass is 35.5. The number of halogens is 2. The number of thioether (sulfide) groups is 1. The molecule has 1 aliphatic heterocycles. The zero-order chi connectivity index (χ0) is 9.97. The molecule has 3 nitrogen and oxygen atoms in total. The van der Waals surface area contributed by atoms with Crippen molar-refractivity contribution in [3.05, 3.63) is 16.5 Å². The number of rotatable bonds is 1. The van der Waals surface area contributed by atoms with Gasteiger partial charge in [-0.05, 0) is 11.6 Å². The van der Waals surface area contributed by atoms with Crippen LogP contribution in [-0.2, 0) is 0 Å². The van der Waals surface area contributed by atoms with Crippen LogP contribution in [0.25, 0.3) is 0 Å². The number of hydrogen-bond donors (Lipinski definition) is 0. The van der Waals surface area contributed by atoms with E-state index < -0.39 is 0 Å². The molecule has 0 aliphatic carbocycles. The summed E-state index contributed by atoms with van der Waals surface area (Å²) in [7, 11) is 0. The minimum atomic E-state index is 0.214. The lowest BCUT2D eigenvalue weighted by atomic mass is 10.4. The van der Waals surface area contributed by atoms with Gasteiger partial charge in [-0.3, -0.25) is 0 Å². The van der Waals surface area contributed by atoms with Crippen LogP contribution in [0.3, 0.4) is 0 Å². The third kappa shape index (κ3) is 2.43. The fraction of sp³-hybridized carbons (Fsp3) is 0.500. The summed E-state index contributed by atoms with van der Waals surface area (Å²) in [6, 6.07) is 1.75. The van der Waals surface area contributed by atoms with Gasteiger partial charge in [0.25, 0.3) is 0 Å². The molecule has 1 aromatic rings. The smallest absolute Gasteiger partial charge is 0.225 e. The third-order valence-electron chi connectivity index (χ3n) is 1.99. The lowest BCUT2D eigenvalue weighted by molar-refractivity contribution is 0.835. The Morgan fingerprint density at radius 2 is 1.93 bits per heavy atom. The second-order valence-electron chi connectivity index (χ2n) is 2.92. The number of hydrogen-bond acceptors (Lipinski definition) is 4. The fourth-order valence-electron chi connectivity index (χ4n) is 1.33. The van der Waals surface area contributed by atoms with Gasteiger partial charge in [0, 0.05) is 30.7 Å². The molecule has 0 spiro atoms. The standard InChI is InChI=1S/C8H9Cl2N3S/c9-6-5-7(12-8(10)11-6)13-1-3-14-4-2-13/h5H,1-4H2. The highest BCUT2D eigenvalue weighted by Gasteiger charge is 2.13. The Morgan fingerprint density at radius 3 is 2.57 bits per heavy atom. The molecule has 0 radical (unpaired) electrons. The zero-order valence-corrected chi connectivity index (χ0v) is 9.74. The van der Waals surface area contributed by atoms with E-state index >= 15 is 0 Å². The molecular formula is C8H9Cl2N3S. The van der Waals surface area contributed by atoms with Crippen LogP contribution in [0.1, 0.15) is 0 Å². The van der Waals surface area contributed by atoms with Gasteiger partial charge in [-0.1, -0.05) is 11.6 Å². The predicted octanol–water partition coefficient (Wildman–Crippen LogP) is 2.34. The van der Waals surface area contributed by atoms with Gasteiger partial charge >= 0.3 is 0 Å². The van der Waals surface area contributed by atoms with Crippen molar-refractivity contribution in [2.24, 2.45) is 0 Å². The molecule has 76 valence electrons. The minimum Gasteiger partial charge on any atom is -0.355 e. The van der Waals surface area contributed by atoms with E-state index in [1.807, 2.05) is 11.8 Å². The third-order valence-corrected chi connectivity index (χ3v) is 3.29. The van der Waals surface area contributed by atoms with E-state index in [0.717, 1.165) is 30.4 Å². The van der Waals surface area contributed by atoms with Gasteiger partial charge in [-0.15, -0.1) is 0 Å². The fourth-order valence-corrected chi connectivity index (χ4v) is 2.63. The van der Waals surface area contributed by atoms with Crippen molar-refractivity contribution in [2.45, 2.75) is 0 Å². The van der Waals surface area contributed by atoms with Crippen LogP contribution in [0.15, 0.2) is 6.07 Å². The van der Waals surface area contributed by atoms with Crippen LogP contribution < -0.4 is 4.90 Å². The van der Waals surface area contributed by atoms with Crippen molar-refractivity contribution < 1.29 is 0 Å². The van der Waals surface area contributed by atoms with Crippen LogP contribution in [-0.4, -0.2) is 34.6 Å². The maximum atomic E-state index is 5.80. The van der Waals surface area contributed by atoms with E-state index in [-0.39, 0.29) is 5.28 Å². The molecule has 0 amide bonds. The summed E-state index contributed by atoms with van der Waals surface area (Å²) in [5.41, 5.74) is 0. The lowest BCUT2D eigenvalue weighted by Crippen LogP contribution is -2.33. The van der Waals surface area contributed by atoms with Crippen molar-refractivity contribution in [3.8, 4) is 0 Å². The van der Waals surface area contributed by atoms with Crippen LogP contribution in [0, 0.1) is 0 Å². The Kier molecular flexibility index (Phi) is 3.36. The SMILES string of the molecule is Clc1cc(N2CCSCC2)nc(Cl)n1. The van der Waals surface area contributed by atoms with Crippen molar-refractivity contribution in [2.75, 3.05) is 29.5 Å². The molecule has 14 heavy (non-hydrogen) atoms. The highest BCUT2D eigenvalue weighted by molar-refractivity contribution is 7.99. The van der Waals surface area contributed by atoms with Crippen LogP contribution in [0.4, 0.5) is 5.82 Å². The molecular weight excluding hydrogens is 241 g/mol. The summed E-state index contributed by atoms with van der Waals surface area (Å²) in [5.74, 6) is 3.08. The first-order chi connectivity index (χ1) is 6.75. The number of aromatic nitrogens is 2. The summed E-state index contributed by atoms with van der Waals surface area (Å²) in [6.45, 7) is 1.99. The van der Waals surface area contributed by atoms with Gasteiger partial charge in [0.1, 0.15) is 11.0 Å². The quantitative estimate of drug-likeness (QED) is 0.565. The van der Waals surface area contributed by atoms with Gasteiger partial charge in [-0.25, -0.2) is 9.97 Å². The van der Waals surface area contributed by atoms with Gasteiger partial charge in [0.15, 0.2) is 0 Å². The topological polar surface area (TPSA) is 29.0 Å². The van der Waals surface area contributed by atoms with E-state index in [1.54, 1.807) is 6.07 Å². The summed E-state index contributed by atoms with van der Waals surface area (Å²) in [6.07, 6.45) is 0. The van der Waals surface area contributed by atoms with Crippen LogP contribution >= 0.6 is 35.0 Å². The van der Waals surface area contributed by atoms with Crippen LogP contribution in [0.2, 0.25) is 10.4 Å². The van der Waals surface area contributed by atoms with E-state index in [2.05, 4.69) is 14.9 Å². The number of nitrogens with zero attached hydrogens (tertiary/aromatic N) is 3. The Labute approximate surface area is 96.8 Å². The van der Waals surface area contributed by atoms with Gasteiger partial charge in [0.05, 0.1) is 0 Å². The average Bonchev–Trinajstić information content (AvgIpc) is 2.18. The average molecular weight is 250 g/mol. The van der Waals surface area contributed by atoms with Crippen molar-refractivity contribution >= 4 is 40.8 Å². The molecule has 0 atom stereocenters. The highest BCUT2D eigenvalue weighted by Crippen LogP contribution is 2.21. The first-order valence-corrected chi connectivity index (χ1v) is 6.19. The zero-order valence-electron chi connectivity index (χ0n) is 7.41. The Morgan fingerprint density at radius 1 is 1.21 bits per heavy atom. The number of anilines is 1. The van der Waals surface area contributed by atoms with E-state index in [0.29, 0.717) is 5.15 Å². The maximum absolute atomic E-state index is 5.80. The van der Waals surface area contributed by atoms with Crippen molar-refractivity contribution in [1.29, 1.82) is 0 Å². The first kappa shape index (κ1) is 10.3. The van der Waals surface area contributed by atoms with E-state index in [9.17, 15) is 0 Å². The summed E-state index contributed by atoms with van der Waals surface area (Å²) >= 11 is 13.5. The molecule has 2 rings (SSSR count). The normalized spacial score (nSPS) is 17.1. The molecule has 6 heteroatoms. The molecule has 1 saturated heterocycles. The summed E-state index contributed by atoms with van der Waals surface area (Å²) in [5, 5.41) is 0.615.